The summed E-state index contributed by atoms with van der Waals surface area (Å²) in [6.45, 7) is 3.15. The highest BCUT2D eigenvalue weighted by Crippen LogP contribution is 2.17. The van der Waals surface area contributed by atoms with Crippen molar-refractivity contribution in [2.24, 2.45) is 0 Å². The molecular formula is C19H22FN5O3. The maximum absolute atomic E-state index is 13.7. The normalized spacial score (nSPS) is 14.4. The number of likely N-dealkylation sites (tertiary alicyclic amines) is 1. The average Bonchev–Trinajstić information content (AvgIpc) is 2.71. The first-order chi connectivity index (χ1) is 13.6. The van der Waals surface area contributed by atoms with Gasteiger partial charge in [0, 0.05) is 25.3 Å². The second-order valence-corrected chi connectivity index (χ2v) is 6.30. The lowest BCUT2D eigenvalue weighted by molar-refractivity contribution is 0.0856. The molecule has 1 aromatic carbocycles. The minimum Gasteiger partial charge on any atom is -0.450 e. The Hall–Kier alpha value is -3.23. The third kappa shape index (κ3) is 4.93. The van der Waals surface area contributed by atoms with Gasteiger partial charge in [-0.2, -0.15) is 0 Å². The summed E-state index contributed by atoms with van der Waals surface area (Å²) in [6, 6.07) is 7.58. The van der Waals surface area contributed by atoms with E-state index in [1.807, 2.05) is 0 Å². The third-order valence-corrected chi connectivity index (χ3v) is 4.36. The van der Waals surface area contributed by atoms with Crippen molar-refractivity contribution in [2.45, 2.75) is 25.8 Å². The van der Waals surface area contributed by atoms with Crippen LogP contribution in [0.1, 0.15) is 30.3 Å². The number of amides is 2. The smallest absolute Gasteiger partial charge is 0.409 e. The highest BCUT2D eigenvalue weighted by Gasteiger charge is 2.25. The lowest BCUT2D eigenvalue weighted by atomic mass is 10.1. The molecule has 1 aliphatic rings. The summed E-state index contributed by atoms with van der Waals surface area (Å²) in [4.78, 5) is 34.0. The number of para-hydroxylation sites is 1. The number of ether oxygens (including phenoxy) is 1. The van der Waals surface area contributed by atoms with E-state index in [4.69, 9.17) is 4.74 Å². The second-order valence-electron chi connectivity index (χ2n) is 6.30. The summed E-state index contributed by atoms with van der Waals surface area (Å²) in [5.74, 6) is -0.641. The topological polar surface area (TPSA) is 96.5 Å². The SMILES string of the molecule is CCOC(=O)N1CCC(NC(=O)c2ccnc(Nc3ccccc3F)n2)CC1. The van der Waals surface area contributed by atoms with E-state index in [-0.39, 0.29) is 35.4 Å². The van der Waals surface area contributed by atoms with Gasteiger partial charge < -0.3 is 20.3 Å². The minimum atomic E-state index is -0.436. The van der Waals surface area contributed by atoms with Crippen LogP contribution in [0.5, 0.6) is 0 Å². The van der Waals surface area contributed by atoms with Gasteiger partial charge in [-0.15, -0.1) is 0 Å². The number of nitrogens with one attached hydrogen (secondary N) is 2. The molecule has 1 aliphatic heterocycles. The van der Waals surface area contributed by atoms with Crippen molar-refractivity contribution in [2.75, 3.05) is 25.0 Å². The Balaban J connectivity index is 1.57. The molecule has 9 heteroatoms. The Morgan fingerprint density at radius 1 is 1.25 bits per heavy atom. The highest BCUT2D eigenvalue weighted by atomic mass is 19.1. The van der Waals surface area contributed by atoms with Crippen molar-refractivity contribution < 1.29 is 18.7 Å². The fourth-order valence-corrected chi connectivity index (χ4v) is 2.91. The van der Waals surface area contributed by atoms with Crippen molar-refractivity contribution >= 4 is 23.6 Å². The first-order valence-corrected chi connectivity index (χ1v) is 9.14. The second kappa shape index (κ2) is 9.12. The molecule has 0 spiro atoms. The lowest BCUT2D eigenvalue weighted by Gasteiger charge is -2.31. The summed E-state index contributed by atoms with van der Waals surface area (Å²) >= 11 is 0. The van der Waals surface area contributed by atoms with Crippen LogP contribution < -0.4 is 10.6 Å². The molecule has 28 heavy (non-hydrogen) atoms. The number of nitrogens with zero attached hydrogens (tertiary/aromatic N) is 3. The number of rotatable bonds is 5. The molecule has 0 radical (unpaired) electrons. The number of carbonyl (C=O) groups excluding carboxylic acids is 2. The standard InChI is InChI=1S/C19H22FN5O3/c1-2-28-19(27)25-11-8-13(9-12-25)22-17(26)16-7-10-21-18(24-16)23-15-6-4-3-5-14(15)20/h3-7,10,13H,2,8-9,11-12H2,1H3,(H,22,26)(H,21,23,24). The zero-order valence-electron chi connectivity index (χ0n) is 15.5. The van der Waals surface area contributed by atoms with E-state index in [1.165, 1.54) is 18.3 Å². The first kappa shape index (κ1) is 19.5. The van der Waals surface area contributed by atoms with Crippen LogP contribution in [-0.2, 0) is 4.74 Å². The molecule has 0 bridgehead atoms. The summed E-state index contributed by atoms with van der Waals surface area (Å²) in [7, 11) is 0. The highest BCUT2D eigenvalue weighted by molar-refractivity contribution is 5.92. The molecule has 0 aliphatic carbocycles. The number of benzene rings is 1. The fraction of sp³-hybridized carbons (Fsp3) is 0.368. The first-order valence-electron chi connectivity index (χ1n) is 9.14. The van der Waals surface area contributed by atoms with Crippen molar-refractivity contribution in [3.05, 3.63) is 48.0 Å². The van der Waals surface area contributed by atoms with Crippen LogP contribution in [0.4, 0.5) is 20.8 Å². The molecular weight excluding hydrogens is 365 g/mol. The van der Waals surface area contributed by atoms with Crippen molar-refractivity contribution in [3.63, 3.8) is 0 Å². The molecule has 1 aromatic heterocycles. The van der Waals surface area contributed by atoms with Gasteiger partial charge in [0.05, 0.1) is 12.3 Å². The number of hydrogen-bond donors (Lipinski definition) is 2. The van der Waals surface area contributed by atoms with Crippen LogP contribution in [0, 0.1) is 5.82 Å². The Morgan fingerprint density at radius 3 is 2.71 bits per heavy atom. The van der Waals surface area contributed by atoms with E-state index >= 15 is 0 Å². The van der Waals surface area contributed by atoms with Crippen LogP contribution in [0.15, 0.2) is 36.5 Å². The van der Waals surface area contributed by atoms with E-state index in [9.17, 15) is 14.0 Å². The number of carbonyl (C=O) groups is 2. The molecule has 0 atom stereocenters. The summed E-state index contributed by atoms with van der Waals surface area (Å²) < 4.78 is 18.7. The van der Waals surface area contributed by atoms with Gasteiger partial charge in [0.1, 0.15) is 11.5 Å². The Kier molecular flexibility index (Phi) is 6.36. The molecule has 1 fully saturated rings. The van der Waals surface area contributed by atoms with E-state index in [0.717, 1.165) is 0 Å². The van der Waals surface area contributed by atoms with E-state index in [1.54, 1.807) is 30.0 Å². The predicted molar refractivity (Wildman–Crippen MR) is 101 cm³/mol. The predicted octanol–water partition coefficient (Wildman–Crippen LogP) is 2.71. The molecule has 1 saturated heterocycles. The molecule has 3 rings (SSSR count). The van der Waals surface area contributed by atoms with Gasteiger partial charge in [-0.3, -0.25) is 4.79 Å². The van der Waals surface area contributed by atoms with Crippen molar-refractivity contribution in [1.82, 2.24) is 20.2 Å². The van der Waals surface area contributed by atoms with Gasteiger partial charge in [0.2, 0.25) is 5.95 Å². The van der Waals surface area contributed by atoms with Gasteiger partial charge in [-0.1, -0.05) is 12.1 Å². The van der Waals surface area contributed by atoms with Gasteiger partial charge in [0.15, 0.2) is 0 Å². The zero-order valence-corrected chi connectivity index (χ0v) is 15.5. The van der Waals surface area contributed by atoms with Crippen LogP contribution in [-0.4, -0.2) is 52.6 Å². The van der Waals surface area contributed by atoms with Gasteiger partial charge in [-0.05, 0) is 38.0 Å². The third-order valence-electron chi connectivity index (χ3n) is 4.36. The molecule has 0 saturated carbocycles. The Bertz CT molecular complexity index is 840. The van der Waals surface area contributed by atoms with Crippen LogP contribution in [0.25, 0.3) is 0 Å². The summed E-state index contributed by atoms with van der Waals surface area (Å²) in [5.41, 5.74) is 0.410. The fourth-order valence-electron chi connectivity index (χ4n) is 2.91. The average molecular weight is 387 g/mol. The number of anilines is 2. The summed E-state index contributed by atoms with van der Waals surface area (Å²) in [6.07, 6.45) is 2.38. The van der Waals surface area contributed by atoms with Crippen LogP contribution in [0.2, 0.25) is 0 Å². The number of hydrogen-bond acceptors (Lipinski definition) is 6. The molecule has 148 valence electrons. The van der Waals surface area contributed by atoms with E-state index in [0.29, 0.717) is 32.5 Å². The quantitative estimate of drug-likeness (QED) is 0.819. The lowest BCUT2D eigenvalue weighted by Crippen LogP contribution is -2.46. The van der Waals surface area contributed by atoms with Gasteiger partial charge >= 0.3 is 6.09 Å². The maximum atomic E-state index is 13.7. The number of aromatic nitrogens is 2. The minimum absolute atomic E-state index is 0.0591. The van der Waals surface area contributed by atoms with Crippen LogP contribution in [0.3, 0.4) is 0 Å². The molecule has 2 N–H and O–H groups in total. The van der Waals surface area contributed by atoms with Crippen molar-refractivity contribution in [1.29, 1.82) is 0 Å². The monoisotopic (exact) mass is 387 g/mol. The van der Waals surface area contributed by atoms with Crippen molar-refractivity contribution in [3.8, 4) is 0 Å². The summed E-state index contributed by atoms with van der Waals surface area (Å²) in [5, 5.41) is 5.69. The molecule has 2 heterocycles. The Morgan fingerprint density at radius 2 is 2.00 bits per heavy atom. The Labute approximate surface area is 162 Å². The molecule has 2 aromatic rings. The maximum Gasteiger partial charge on any atom is 0.409 e. The largest absolute Gasteiger partial charge is 0.450 e. The molecule has 8 nitrogen and oxygen atoms in total. The zero-order chi connectivity index (χ0) is 19.9. The van der Waals surface area contributed by atoms with Gasteiger partial charge in [0.25, 0.3) is 5.91 Å². The van der Waals surface area contributed by atoms with E-state index < -0.39 is 5.82 Å². The molecule has 2 amide bonds. The van der Waals surface area contributed by atoms with Gasteiger partial charge in [-0.25, -0.2) is 19.2 Å². The van der Waals surface area contributed by atoms with E-state index in [2.05, 4.69) is 20.6 Å². The number of piperidine rings is 1. The number of halogens is 1. The van der Waals surface area contributed by atoms with Crippen LogP contribution >= 0.6 is 0 Å². The molecule has 0 unspecified atom stereocenters.